The minimum absolute atomic E-state index is 0.0331. The highest BCUT2D eigenvalue weighted by molar-refractivity contribution is 8.45. The van der Waals surface area contributed by atoms with Crippen LogP contribution in [0.15, 0.2) is 47.4 Å². The Morgan fingerprint density at radius 3 is 2.30 bits per heavy atom. The molecular weight excluding hydrogens is 429 g/mol. The molecule has 2 heterocycles. The highest BCUT2D eigenvalue weighted by Crippen LogP contribution is 3.02. The van der Waals surface area contributed by atoms with Gasteiger partial charge in [0, 0.05) is 5.39 Å². The fourth-order valence-corrected chi connectivity index (χ4v) is 4.07. The Morgan fingerprint density at radius 2 is 1.77 bits per heavy atom. The SMILES string of the molecule is CC1(C)OCC(c2cccc3c2c(C#N)nn3-c2ccc(S(F)(F)(F)(F)F)cc2)O1. The van der Waals surface area contributed by atoms with Crippen molar-refractivity contribution >= 4 is 21.1 Å². The molecule has 0 saturated carbocycles. The quantitative estimate of drug-likeness (QED) is 0.439. The van der Waals surface area contributed by atoms with Crippen molar-refractivity contribution in [3.05, 3.63) is 53.7 Å². The molecular formula is C19H16F5N3O2S. The van der Waals surface area contributed by atoms with Crippen molar-refractivity contribution in [1.29, 1.82) is 5.26 Å². The minimum Gasteiger partial charge on any atom is -0.347 e. The molecule has 0 amide bonds. The third-order valence-corrected chi connectivity index (χ3v) is 5.89. The lowest BCUT2D eigenvalue weighted by Crippen LogP contribution is -2.19. The standard InChI is InChI=1S/C19H16F5N3O2S/c1-19(2)28-11-17(29-19)14-4-3-5-16-18(14)15(10-25)26-27(16)12-6-8-13(9-7-12)30(20,21,22,23)24/h3-9,17H,11H2,1-2H3. The van der Waals surface area contributed by atoms with Crippen LogP contribution in [-0.4, -0.2) is 22.2 Å². The third kappa shape index (κ3) is 3.62. The zero-order valence-electron chi connectivity index (χ0n) is 15.8. The van der Waals surface area contributed by atoms with Crippen LogP contribution in [-0.2, 0) is 9.47 Å². The molecule has 1 aromatic heterocycles. The summed E-state index contributed by atoms with van der Waals surface area (Å²) in [6.07, 6.45) is -0.469. The maximum atomic E-state index is 13.0. The van der Waals surface area contributed by atoms with E-state index in [0.717, 1.165) is 12.1 Å². The van der Waals surface area contributed by atoms with Gasteiger partial charge in [0.25, 0.3) is 0 Å². The van der Waals surface area contributed by atoms with Gasteiger partial charge in [-0.1, -0.05) is 31.6 Å². The summed E-state index contributed by atoms with van der Waals surface area (Å²) in [5.41, 5.74) is 1.21. The first kappa shape index (κ1) is 20.6. The number of hydrogen-bond acceptors (Lipinski definition) is 4. The normalized spacial score (nSPS) is 21.2. The predicted octanol–water partition coefficient (Wildman–Crippen LogP) is 6.38. The zero-order chi connectivity index (χ0) is 22.0. The lowest BCUT2D eigenvalue weighted by Gasteiger charge is -2.40. The van der Waals surface area contributed by atoms with Gasteiger partial charge in [0.1, 0.15) is 17.1 Å². The monoisotopic (exact) mass is 445 g/mol. The van der Waals surface area contributed by atoms with E-state index in [9.17, 15) is 24.7 Å². The van der Waals surface area contributed by atoms with E-state index in [1.54, 1.807) is 32.0 Å². The van der Waals surface area contributed by atoms with E-state index in [2.05, 4.69) is 5.10 Å². The van der Waals surface area contributed by atoms with Gasteiger partial charge in [-0.3, -0.25) is 0 Å². The maximum Gasteiger partial charge on any atom is 0.310 e. The molecule has 0 aliphatic carbocycles. The lowest BCUT2D eigenvalue weighted by atomic mass is 10.0. The summed E-state index contributed by atoms with van der Waals surface area (Å²) >= 11 is 0. The van der Waals surface area contributed by atoms with Crippen LogP contribution in [0.25, 0.3) is 16.6 Å². The van der Waals surface area contributed by atoms with Crippen molar-refractivity contribution in [2.75, 3.05) is 6.61 Å². The van der Waals surface area contributed by atoms with E-state index >= 15 is 0 Å². The first-order valence-electron chi connectivity index (χ1n) is 8.77. The van der Waals surface area contributed by atoms with Crippen LogP contribution in [0.2, 0.25) is 0 Å². The molecule has 4 rings (SSSR count). The second-order valence-corrected chi connectivity index (χ2v) is 9.80. The first-order valence-corrected chi connectivity index (χ1v) is 10.7. The molecule has 0 N–H and O–H groups in total. The Kier molecular flexibility index (Phi) is 3.92. The summed E-state index contributed by atoms with van der Waals surface area (Å²) in [6, 6.07) is 9.46. The topological polar surface area (TPSA) is 60.1 Å². The smallest absolute Gasteiger partial charge is 0.310 e. The van der Waals surface area contributed by atoms with E-state index in [0.29, 0.717) is 28.6 Å². The van der Waals surface area contributed by atoms with Crippen molar-refractivity contribution in [2.45, 2.75) is 30.6 Å². The number of ether oxygens (including phenoxy) is 2. The number of fused-ring (bicyclic) bond motifs is 1. The molecule has 2 aromatic carbocycles. The number of nitrogens with zero attached hydrogens (tertiary/aromatic N) is 3. The predicted molar refractivity (Wildman–Crippen MR) is 101 cm³/mol. The highest BCUT2D eigenvalue weighted by Gasteiger charge is 2.65. The van der Waals surface area contributed by atoms with Crippen LogP contribution >= 0.6 is 10.2 Å². The zero-order valence-corrected chi connectivity index (χ0v) is 16.6. The molecule has 1 atom stereocenters. The molecule has 3 aromatic rings. The Hall–Kier alpha value is -2.68. The van der Waals surface area contributed by atoms with Crippen molar-refractivity contribution < 1.29 is 28.9 Å². The summed E-state index contributed by atoms with van der Waals surface area (Å²) in [7, 11) is -9.78. The van der Waals surface area contributed by atoms with E-state index in [1.165, 1.54) is 4.68 Å². The fraction of sp³-hybridized carbons (Fsp3) is 0.263. The molecule has 0 spiro atoms. The van der Waals surface area contributed by atoms with E-state index in [-0.39, 0.29) is 18.0 Å². The van der Waals surface area contributed by atoms with Crippen LogP contribution in [0.4, 0.5) is 19.4 Å². The van der Waals surface area contributed by atoms with Gasteiger partial charge in [0.15, 0.2) is 11.5 Å². The molecule has 1 unspecified atom stereocenters. The first-order chi connectivity index (χ1) is 13.7. The van der Waals surface area contributed by atoms with E-state index < -0.39 is 27.0 Å². The fourth-order valence-electron chi connectivity index (χ4n) is 3.42. The third-order valence-electron chi connectivity index (χ3n) is 4.73. The number of rotatable bonds is 3. The van der Waals surface area contributed by atoms with Gasteiger partial charge in [-0.2, -0.15) is 10.4 Å². The summed E-state index contributed by atoms with van der Waals surface area (Å²) in [6.45, 7) is 3.75. The van der Waals surface area contributed by atoms with Gasteiger partial charge in [0.05, 0.1) is 17.8 Å². The van der Waals surface area contributed by atoms with Crippen LogP contribution < -0.4 is 0 Å². The Bertz CT molecular complexity index is 1200. The summed E-state index contributed by atoms with van der Waals surface area (Å²) in [5, 5.41) is 14.2. The molecule has 1 fully saturated rings. The molecule has 5 nitrogen and oxygen atoms in total. The highest BCUT2D eigenvalue weighted by atomic mass is 32.5. The number of hydrogen-bond donors (Lipinski definition) is 0. The Morgan fingerprint density at radius 1 is 1.10 bits per heavy atom. The van der Waals surface area contributed by atoms with Gasteiger partial charge < -0.3 is 9.47 Å². The van der Waals surface area contributed by atoms with Crippen molar-refractivity contribution in [1.82, 2.24) is 9.78 Å². The summed E-state index contributed by atoms with van der Waals surface area (Å²) in [5.74, 6) is -0.809. The van der Waals surface area contributed by atoms with Crippen molar-refractivity contribution in [2.24, 2.45) is 0 Å². The molecule has 0 radical (unpaired) electrons. The second-order valence-electron chi connectivity index (χ2n) is 7.39. The van der Waals surface area contributed by atoms with Crippen LogP contribution in [0.3, 0.4) is 0 Å². The molecule has 11 heteroatoms. The number of aromatic nitrogens is 2. The molecule has 160 valence electrons. The van der Waals surface area contributed by atoms with Gasteiger partial charge in [0.2, 0.25) is 0 Å². The van der Waals surface area contributed by atoms with Gasteiger partial charge >= 0.3 is 10.2 Å². The molecule has 30 heavy (non-hydrogen) atoms. The van der Waals surface area contributed by atoms with E-state index in [4.69, 9.17) is 9.47 Å². The Balaban J connectivity index is 1.84. The molecule has 1 aliphatic heterocycles. The number of halogens is 5. The Labute approximate surface area is 168 Å². The lowest BCUT2D eigenvalue weighted by molar-refractivity contribution is -0.138. The van der Waals surface area contributed by atoms with Crippen LogP contribution in [0, 0.1) is 11.3 Å². The van der Waals surface area contributed by atoms with Gasteiger partial charge in [-0.15, -0.1) is 0 Å². The molecule has 0 bridgehead atoms. The van der Waals surface area contributed by atoms with Crippen molar-refractivity contribution in [3.63, 3.8) is 0 Å². The average Bonchev–Trinajstić information content (AvgIpc) is 3.20. The molecule has 1 aliphatic rings. The summed E-state index contributed by atoms with van der Waals surface area (Å²) < 4.78 is 77.6. The minimum atomic E-state index is -9.78. The number of nitriles is 1. The van der Waals surface area contributed by atoms with Crippen LogP contribution in [0.1, 0.15) is 31.2 Å². The van der Waals surface area contributed by atoms with Crippen molar-refractivity contribution in [3.8, 4) is 11.8 Å². The van der Waals surface area contributed by atoms with Gasteiger partial charge in [-0.25, -0.2) is 4.68 Å². The summed E-state index contributed by atoms with van der Waals surface area (Å²) in [4.78, 5) is -1.99. The van der Waals surface area contributed by atoms with Gasteiger partial charge in [-0.05, 0) is 49.7 Å². The van der Waals surface area contributed by atoms with Crippen LogP contribution in [0.5, 0.6) is 0 Å². The largest absolute Gasteiger partial charge is 0.347 e. The van der Waals surface area contributed by atoms with E-state index in [1.807, 2.05) is 6.07 Å². The maximum absolute atomic E-state index is 13.0. The molecule has 1 saturated heterocycles. The number of benzene rings is 2. The average molecular weight is 445 g/mol. The second kappa shape index (κ2) is 5.72.